The summed E-state index contributed by atoms with van der Waals surface area (Å²) in [5.41, 5.74) is -5.16. The third-order valence-corrected chi connectivity index (χ3v) is 5.58. The first-order valence-corrected chi connectivity index (χ1v) is 10.5. The molecule has 1 saturated carbocycles. The lowest BCUT2D eigenvalue weighted by molar-refractivity contribution is -0.194. The molecule has 2 aromatic carbocycles. The molecule has 0 saturated heterocycles. The zero-order valence-corrected chi connectivity index (χ0v) is 18.5. The second-order valence-electron chi connectivity index (χ2n) is 8.91. The lowest BCUT2D eigenvalue weighted by Gasteiger charge is -2.46. The van der Waals surface area contributed by atoms with Crippen molar-refractivity contribution in [3.05, 3.63) is 76.8 Å². The van der Waals surface area contributed by atoms with Gasteiger partial charge in [0.05, 0.1) is 0 Å². The zero-order valence-electron chi connectivity index (χ0n) is 17.8. The molecule has 0 spiro atoms. The fourth-order valence-electron chi connectivity index (χ4n) is 3.86. The number of ether oxygens (including phenoxy) is 1. The Labute approximate surface area is 186 Å². The summed E-state index contributed by atoms with van der Waals surface area (Å²) in [5, 5.41) is 11.9. The SMILES string of the molecule is CC(C)(C)OC(=O)[C@@]1(F)[C@H](c2ccc(Cl)cc2)CC(=O)C[C@]1(O)/C=C/c1ccccc1. The summed E-state index contributed by atoms with van der Waals surface area (Å²) >= 11 is 5.96. The molecule has 1 aliphatic carbocycles. The van der Waals surface area contributed by atoms with E-state index in [9.17, 15) is 14.7 Å². The number of aliphatic hydroxyl groups is 1. The summed E-state index contributed by atoms with van der Waals surface area (Å²) in [4.78, 5) is 25.8. The number of ketones is 1. The van der Waals surface area contributed by atoms with Crippen molar-refractivity contribution in [3.8, 4) is 0 Å². The molecule has 164 valence electrons. The molecule has 3 rings (SSSR count). The molecule has 31 heavy (non-hydrogen) atoms. The molecule has 6 heteroatoms. The van der Waals surface area contributed by atoms with Gasteiger partial charge in [-0.2, -0.15) is 0 Å². The molecule has 1 fully saturated rings. The van der Waals surface area contributed by atoms with Gasteiger partial charge in [0.25, 0.3) is 0 Å². The molecule has 2 aromatic rings. The molecular weight excluding hydrogens is 419 g/mol. The normalized spacial score (nSPS) is 26.8. The first kappa shape index (κ1) is 23.2. The molecule has 0 aliphatic heterocycles. The van der Waals surface area contributed by atoms with Gasteiger partial charge in [0.2, 0.25) is 5.67 Å². The van der Waals surface area contributed by atoms with Crippen LogP contribution >= 0.6 is 11.6 Å². The fraction of sp³-hybridized carbons (Fsp3) is 0.360. The molecule has 4 nitrogen and oxygen atoms in total. The molecule has 0 amide bonds. The van der Waals surface area contributed by atoms with E-state index >= 15 is 4.39 Å². The highest BCUT2D eigenvalue weighted by Crippen LogP contribution is 2.50. The maximum Gasteiger partial charge on any atom is 0.348 e. The van der Waals surface area contributed by atoms with Gasteiger partial charge in [-0.15, -0.1) is 0 Å². The summed E-state index contributed by atoms with van der Waals surface area (Å²) in [7, 11) is 0. The molecular formula is C25H26ClFO4. The smallest absolute Gasteiger partial charge is 0.348 e. The maximum atomic E-state index is 16.9. The van der Waals surface area contributed by atoms with Crippen LogP contribution in [0.25, 0.3) is 6.08 Å². The van der Waals surface area contributed by atoms with Crippen LogP contribution in [0, 0.1) is 0 Å². The predicted molar refractivity (Wildman–Crippen MR) is 119 cm³/mol. The van der Waals surface area contributed by atoms with Gasteiger partial charge < -0.3 is 9.84 Å². The molecule has 0 aromatic heterocycles. The van der Waals surface area contributed by atoms with Crippen LogP contribution in [0.15, 0.2) is 60.7 Å². The van der Waals surface area contributed by atoms with Crippen LogP contribution in [0.2, 0.25) is 5.02 Å². The van der Waals surface area contributed by atoms with E-state index in [-0.39, 0.29) is 12.2 Å². The number of alkyl halides is 1. The minimum absolute atomic E-state index is 0.237. The lowest BCUT2D eigenvalue weighted by Crippen LogP contribution is -2.63. The number of carbonyl (C=O) groups excluding carboxylic acids is 2. The number of carbonyl (C=O) groups is 2. The van der Waals surface area contributed by atoms with E-state index < -0.39 is 35.2 Å². The van der Waals surface area contributed by atoms with E-state index in [4.69, 9.17) is 16.3 Å². The Bertz CT molecular complexity index is 981. The Morgan fingerprint density at radius 2 is 1.77 bits per heavy atom. The van der Waals surface area contributed by atoms with E-state index in [0.29, 0.717) is 16.1 Å². The molecule has 3 atom stereocenters. The Hall–Kier alpha value is -2.50. The van der Waals surface area contributed by atoms with Crippen molar-refractivity contribution in [2.45, 2.75) is 56.4 Å². The number of hydrogen-bond acceptors (Lipinski definition) is 4. The average molecular weight is 445 g/mol. The number of rotatable bonds is 4. The Morgan fingerprint density at radius 3 is 2.35 bits per heavy atom. The van der Waals surface area contributed by atoms with Gasteiger partial charge in [-0.25, -0.2) is 9.18 Å². The molecule has 1 aliphatic rings. The van der Waals surface area contributed by atoms with Gasteiger partial charge in [-0.1, -0.05) is 60.1 Å². The van der Waals surface area contributed by atoms with Crippen molar-refractivity contribution in [3.63, 3.8) is 0 Å². The highest BCUT2D eigenvalue weighted by molar-refractivity contribution is 6.30. The monoisotopic (exact) mass is 444 g/mol. The third-order valence-electron chi connectivity index (χ3n) is 5.33. The maximum absolute atomic E-state index is 16.9. The van der Waals surface area contributed by atoms with E-state index in [1.807, 2.05) is 6.07 Å². The van der Waals surface area contributed by atoms with Crippen molar-refractivity contribution in [1.29, 1.82) is 0 Å². The average Bonchev–Trinajstić information content (AvgIpc) is 2.69. The van der Waals surface area contributed by atoms with E-state index in [1.165, 1.54) is 12.2 Å². The van der Waals surface area contributed by atoms with E-state index in [1.54, 1.807) is 69.3 Å². The van der Waals surface area contributed by atoms with Gasteiger partial charge >= 0.3 is 5.97 Å². The summed E-state index contributed by atoms with van der Waals surface area (Å²) in [5.74, 6) is -2.78. The van der Waals surface area contributed by atoms with Crippen LogP contribution < -0.4 is 0 Å². The van der Waals surface area contributed by atoms with Crippen LogP contribution in [0.3, 0.4) is 0 Å². The standard InChI is InChI=1S/C25H26ClFO4/c1-23(2,3)31-22(29)25(27)21(18-9-11-19(26)12-10-18)15-20(28)16-24(25,30)14-13-17-7-5-4-6-8-17/h4-14,21,30H,15-16H2,1-3H3/b14-13+/t21-,24+,25-/m0/s1. The highest BCUT2D eigenvalue weighted by atomic mass is 35.5. The third kappa shape index (κ3) is 4.89. The van der Waals surface area contributed by atoms with Crippen LogP contribution in [-0.2, 0) is 14.3 Å². The lowest BCUT2D eigenvalue weighted by atomic mass is 9.63. The number of halogens is 2. The minimum atomic E-state index is -2.88. The Balaban J connectivity index is 2.13. The largest absolute Gasteiger partial charge is 0.457 e. The number of esters is 1. The second kappa shape index (κ2) is 8.56. The Kier molecular flexibility index (Phi) is 6.40. The number of benzene rings is 2. The highest BCUT2D eigenvalue weighted by Gasteiger charge is 2.66. The molecule has 0 radical (unpaired) electrons. The molecule has 0 bridgehead atoms. The molecule has 0 heterocycles. The van der Waals surface area contributed by atoms with E-state index in [2.05, 4.69) is 0 Å². The van der Waals surface area contributed by atoms with Crippen molar-refractivity contribution >= 4 is 29.4 Å². The first-order valence-electron chi connectivity index (χ1n) is 10.1. The quantitative estimate of drug-likeness (QED) is 0.651. The van der Waals surface area contributed by atoms with Crippen molar-refractivity contribution in [1.82, 2.24) is 0 Å². The predicted octanol–water partition coefficient (Wildman–Crippen LogP) is 5.28. The fourth-order valence-corrected chi connectivity index (χ4v) is 3.99. The summed E-state index contributed by atoms with van der Waals surface area (Å²) < 4.78 is 22.3. The van der Waals surface area contributed by atoms with Crippen LogP contribution in [0.5, 0.6) is 0 Å². The molecule has 0 unspecified atom stereocenters. The summed E-state index contributed by atoms with van der Waals surface area (Å²) in [6, 6.07) is 15.2. The topological polar surface area (TPSA) is 63.6 Å². The van der Waals surface area contributed by atoms with E-state index in [0.717, 1.165) is 0 Å². The van der Waals surface area contributed by atoms with Crippen LogP contribution in [-0.4, -0.2) is 33.7 Å². The van der Waals surface area contributed by atoms with Crippen LogP contribution in [0.4, 0.5) is 4.39 Å². The summed E-state index contributed by atoms with van der Waals surface area (Å²) in [6.45, 7) is 4.87. The van der Waals surface area contributed by atoms with Gasteiger partial charge in [0, 0.05) is 23.8 Å². The first-order chi connectivity index (χ1) is 14.4. The van der Waals surface area contributed by atoms with Crippen LogP contribution in [0.1, 0.15) is 50.7 Å². The van der Waals surface area contributed by atoms with Gasteiger partial charge in [0.15, 0.2) is 0 Å². The van der Waals surface area contributed by atoms with Crippen molar-refractivity contribution < 1.29 is 23.8 Å². The summed E-state index contributed by atoms with van der Waals surface area (Å²) in [6.07, 6.45) is 1.94. The van der Waals surface area contributed by atoms with Gasteiger partial charge in [0.1, 0.15) is 17.0 Å². The minimum Gasteiger partial charge on any atom is -0.457 e. The van der Waals surface area contributed by atoms with Crippen molar-refractivity contribution in [2.24, 2.45) is 0 Å². The molecule has 1 N–H and O–H groups in total. The number of hydrogen-bond donors (Lipinski definition) is 1. The van der Waals surface area contributed by atoms with Gasteiger partial charge in [-0.3, -0.25) is 4.79 Å². The second-order valence-corrected chi connectivity index (χ2v) is 9.34. The number of Topliss-reactive ketones (excluding diaryl/α,β-unsaturated/α-hetero) is 1. The van der Waals surface area contributed by atoms with Gasteiger partial charge in [-0.05, 0) is 50.1 Å². The Morgan fingerprint density at radius 1 is 1.16 bits per heavy atom. The van der Waals surface area contributed by atoms with Crippen molar-refractivity contribution in [2.75, 3.05) is 0 Å². The zero-order chi connectivity index (χ0) is 22.9.